The molecule has 1 N–H and O–H groups in total. The summed E-state index contributed by atoms with van der Waals surface area (Å²) in [6.07, 6.45) is 6.95. The fourth-order valence-electron chi connectivity index (χ4n) is 3.85. The van der Waals surface area contributed by atoms with Crippen LogP contribution in [0.15, 0.2) is 23.1 Å². The van der Waals surface area contributed by atoms with Gasteiger partial charge >= 0.3 is 0 Å². The van der Waals surface area contributed by atoms with Crippen molar-refractivity contribution in [2.45, 2.75) is 49.5 Å². The third-order valence-electron chi connectivity index (χ3n) is 5.45. The number of halogens is 2. The first-order valence-corrected chi connectivity index (χ1v) is 12.0. The molecule has 1 aliphatic heterocycles. The van der Waals surface area contributed by atoms with Crippen molar-refractivity contribution in [3.8, 4) is 0 Å². The van der Waals surface area contributed by atoms with Gasteiger partial charge < -0.3 is 5.32 Å². The highest BCUT2D eigenvalue weighted by Crippen LogP contribution is 2.31. The summed E-state index contributed by atoms with van der Waals surface area (Å²) in [6.45, 7) is 1.97. The Labute approximate surface area is 177 Å². The second-order valence-corrected chi connectivity index (χ2v) is 10.2. The van der Waals surface area contributed by atoms with Gasteiger partial charge in [-0.3, -0.25) is 9.69 Å². The van der Waals surface area contributed by atoms with E-state index in [4.69, 9.17) is 23.2 Å². The van der Waals surface area contributed by atoms with Crippen LogP contribution >= 0.6 is 23.2 Å². The van der Waals surface area contributed by atoms with Gasteiger partial charge in [-0.25, -0.2) is 8.42 Å². The predicted molar refractivity (Wildman–Crippen MR) is 111 cm³/mol. The lowest BCUT2D eigenvalue weighted by Crippen LogP contribution is -2.51. The summed E-state index contributed by atoms with van der Waals surface area (Å²) in [7, 11) is -3.70. The molecule has 0 unspecified atom stereocenters. The van der Waals surface area contributed by atoms with Gasteiger partial charge in [-0.05, 0) is 25.0 Å². The van der Waals surface area contributed by atoms with Crippen molar-refractivity contribution in [1.29, 1.82) is 0 Å². The van der Waals surface area contributed by atoms with Crippen molar-refractivity contribution < 1.29 is 13.2 Å². The molecule has 0 aromatic heterocycles. The summed E-state index contributed by atoms with van der Waals surface area (Å²) in [4.78, 5) is 14.4. The molecular weight excluding hydrogens is 421 g/mol. The van der Waals surface area contributed by atoms with Gasteiger partial charge in [-0.1, -0.05) is 55.0 Å². The van der Waals surface area contributed by atoms with Gasteiger partial charge in [-0.15, -0.1) is 0 Å². The van der Waals surface area contributed by atoms with Crippen LogP contribution < -0.4 is 5.32 Å². The first-order valence-electron chi connectivity index (χ1n) is 9.84. The molecule has 0 radical (unpaired) electrons. The number of nitrogens with zero attached hydrogens (tertiary/aromatic N) is 2. The van der Waals surface area contributed by atoms with E-state index in [9.17, 15) is 13.2 Å². The maximum Gasteiger partial charge on any atom is 0.244 e. The van der Waals surface area contributed by atoms with Crippen molar-refractivity contribution >= 4 is 39.1 Å². The van der Waals surface area contributed by atoms with E-state index < -0.39 is 10.0 Å². The van der Waals surface area contributed by atoms with Gasteiger partial charge in [0.1, 0.15) is 4.90 Å². The number of hydrogen-bond donors (Lipinski definition) is 1. The van der Waals surface area contributed by atoms with Gasteiger partial charge in [0, 0.05) is 32.2 Å². The molecule has 0 bridgehead atoms. The lowest BCUT2D eigenvalue weighted by atomic mass is 10.1. The second kappa shape index (κ2) is 9.76. The van der Waals surface area contributed by atoms with Gasteiger partial charge in [-0.2, -0.15) is 4.31 Å². The molecule has 3 rings (SSSR count). The van der Waals surface area contributed by atoms with E-state index >= 15 is 0 Å². The van der Waals surface area contributed by atoms with Crippen LogP contribution in [0.1, 0.15) is 38.5 Å². The van der Waals surface area contributed by atoms with E-state index in [-0.39, 0.29) is 26.9 Å². The third-order valence-corrected chi connectivity index (χ3v) is 8.32. The van der Waals surface area contributed by atoms with Crippen molar-refractivity contribution in [1.82, 2.24) is 14.5 Å². The fraction of sp³-hybridized carbons (Fsp3) is 0.632. The molecule has 1 aliphatic carbocycles. The van der Waals surface area contributed by atoms with Crippen LogP contribution in [0.2, 0.25) is 10.0 Å². The molecule has 0 atom stereocenters. The van der Waals surface area contributed by atoms with Crippen molar-refractivity contribution in [3.05, 3.63) is 28.2 Å². The second-order valence-electron chi connectivity index (χ2n) is 7.49. The Balaban J connectivity index is 1.52. The lowest BCUT2D eigenvalue weighted by molar-refractivity contribution is -0.123. The Hall–Kier alpha value is -0.860. The summed E-state index contributed by atoms with van der Waals surface area (Å²) in [5, 5.41) is 3.41. The quantitative estimate of drug-likeness (QED) is 0.703. The Kier molecular flexibility index (Phi) is 7.61. The van der Waals surface area contributed by atoms with E-state index in [1.165, 1.54) is 36.1 Å². The van der Waals surface area contributed by atoms with Crippen LogP contribution in [0.4, 0.5) is 0 Å². The number of hydrogen-bond acceptors (Lipinski definition) is 4. The van der Waals surface area contributed by atoms with E-state index in [1.54, 1.807) is 12.1 Å². The minimum Gasteiger partial charge on any atom is -0.352 e. The first kappa shape index (κ1) is 21.8. The Morgan fingerprint density at radius 1 is 1.04 bits per heavy atom. The molecule has 9 heteroatoms. The average Bonchev–Trinajstić information content (AvgIpc) is 2.93. The summed E-state index contributed by atoms with van der Waals surface area (Å²) >= 11 is 12.1. The maximum absolute atomic E-state index is 12.9. The minimum absolute atomic E-state index is 0.0288. The Morgan fingerprint density at radius 2 is 1.68 bits per heavy atom. The molecule has 1 aromatic carbocycles. The monoisotopic (exact) mass is 447 g/mol. The van der Waals surface area contributed by atoms with E-state index in [0.29, 0.717) is 32.7 Å². The standard InChI is InChI=1S/C19H27Cl2N3O3S/c20-16-8-5-9-17(19(16)21)28(26,27)24-12-10-23(11-13-24)14-18(25)22-15-6-3-1-2-4-7-15/h5,8-9,15H,1-4,6-7,10-14H2,(H,22,25). The van der Waals surface area contributed by atoms with Crippen LogP contribution in [-0.4, -0.2) is 62.3 Å². The van der Waals surface area contributed by atoms with Crippen molar-refractivity contribution in [3.63, 3.8) is 0 Å². The number of rotatable bonds is 5. The molecule has 6 nitrogen and oxygen atoms in total. The lowest BCUT2D eigenvalue weighted by Gasteiger charge is -2.34. The number of amides is 1. The predicted octanol–water partition coefficient (Wildman–Crippen LogP) is 3.14. The summed E-state index contributed by atoms with van der Waals surface area (Å²) in [5.41, 5.74) is 0. The van der Waals surface area contributed by atoms with Crippen molar-refractivity contribution in [2.24, 2.45) is 0 Å². The topological polar surface area (TPSA) is 69.7 Å². The zero-order valence-electron chi connectivity index (χ0n) is 15.9. The van der Waals surface area contributed by atoms with Gasteiger partial charge in [0.2, 0.25) is 15.9 Å². The number of nitrogens with one attached hydrogen (secondary N) is 1. The molecule has 1 heterocycles. The normalized spacial score (nSPS) is 20.6. The highest BCUT2D eigenvalue weighted by Gasteiger charge is 2.31. The number of carbonyl (C=O) groups is 1. The average molecular weight is 448 g/mol. The SMILES string of the molecule is O=C(CN1CCN(S(=O)(=O)c2cccc(Cl)c2Cl)CC1)NC1CCCCCC1. The number of carbonyl (C=O) groups excluding carboxylic acids is 1. The van der Waals surface area contributed by atoms with E-state index in [0.717, 1.165) is 12.8 Å². The van der Waals surface area contributed by atoms with Gasteiger partial charge in [0.25, 0.3) is 0 Å². The number of benzene rings is 1. The highest BCUT2D eigenvalue weighted by atomic mass is 35.5. The Morgan fingerprint density at radius 3 is 2.32 bits per heavy atom. The minimum atomic E-state index is -3.70. The molecular formula is C19H27Cl2N3O3S. The molecule has 28 heavy (non-hydrogen) atoms. The number of sulfonamides is 1. The van der Waals surface area contributed by atoms with Crippen LogP contribution in [0.25, 0.3) is 0 Å². The zero-order chi connectivity index (χ0) is 20.1. The molecule has 1 amide bonds. The van der Waals surface area contributed by atoms with Crippen LogP contribution in [-0.2, 0) is 14.8 Å². The van der Waals surface area contributed by atoms with Crippen LogP contribution in [0.5, 0.6) is 0 Å². The van der Waals surface area contributed by atoms with E-state index in [1.807, 2.05) is 4.90 Å². The van der Waals surface area contributed by atoms with Crippen LogP contribution in [0.3, 0.4) is 0 Å². The molecule has 1 saturated heterocycles. The van der Waals surface area contributed by atoms with E-state index in [2.05, 4.69) is 5.32 Å². The fourth-order valence-corrected chi connectivity index (χ4v) is 6.01. The summed E-state index contributed by atoms with van der Waals surface area (Å²) in [5.74, 6) is 0.0288. The molecule has 2 aliphatic rings. The molecule has 0 spiro atoms. The Bertz CT molecular complexity index is 788. The number of piperazine rings is 1. The smallest absolute Gasteiger partial charge is 0.244 e. The molecule has 156 valence electrons. The van der Waals surface area contributed by atoms with Crippen LogP contribution in [0, 0.1) is 0 Å². The summed E-state index contributed by atoms with van der Waals surface area (Å²) < 4.78 is 27.1. The molecule has 1 saturated carbocycles. The first-order chi connectivity index (χ1) is 13.4. The summed E-state index contributed by atoms with van der Waals surface area (Å²) in [6, 6.07) is 4.89. The maximum atomic E-state index is 12.9. The zero-order valence-corrected chi connectivity index (χ0v) is 18.2. The third kappa shape index (κ3) is 5.39. The molecule has 1 aromatic rings. The van der Waals surface area contributed by atoms with Gasteiger partial charge in [0.05, 0.1) is 16.6 Å². The van der Waals surface area contributed by atoms with Crippen molar-refractivity contribution in [2.75, 3.05) is 32.7 Å². The molecule has 2 fully saturated rings. The highest BCUT2D eigenvalue weighted by molar-refractivity contribution is 7.89. The largest absolute Gasteiger partial charge is 0.352 e. The van der Waals surface area contributed by atoms with Gasteiger partial charge in [0.15, 0.2) is 0 Å².